The van der Waals surface area contributed by atoms with Crippen molar-refractivity contribution in [3.05, 3.63) is 6.04 Å². The molecule has 0 bridgehead atoms. The molecule has 0 aromatic heterocycles. The smallest absolute Gasteiger partial charge is 0.0594 e. The van der Waals surface area contributed by atoms with E-state index in [1.165, 1.54) is 6.04 Å². The Labute approximate surface area is 56.8 Å². The second kappa shape index (κ2) is 3.18. The van der Waals surface area contributed by atoms with Gasteiger partial charge in [0.1, 0.15) is 0 Å². The van der Waals surface area contributed by atoms with E-state index in [4.69, 9.17) is 4.74 Å². The summed E-state index contributed by atoms with van der Waals surface area (Å²) in [4.78, 5) is 2.35. The maximum atomic E-state index is 5.19. The van der Waals surface area contributed by atoms with Gasteiger partial charge in [0.2, 0.25) is 0 Å². The van der Waals surface area contributed by atoms with Gasteiger partial charge < -0.3 is 4.74 Å². The summed E-state index contributed by atoms with van der Waals surface area (Å²) in [7, 11) is 0. The first-order chi connectivity index (χ1) is 4.30. The molecule has 9 heavy (non-hydrogen) atoms. The monoisotopic (exact) mass is 128 g/mol. The number of ether oxygens (including phenoxy) is 1. The lowest BCUT2D eigenvalue weighted by Gasteiger charge is -2.29. The van der Waals surface area contributed by atoms with Gasteiger partial charge >= 0.3 is 0 Å². The highest BCUT2D eigenvalue weighted by Gasteiger charge is 2.12. The third-order valence-corrected chi connectivity index (χ3v) is 1.64. The lowest BCUT2D eigenvalue weighted by Crippen LogP contribution is -2.36. The number of rotatable bonds is 1. The van der Waals surface area contributed by atoms with Crippen molar-refractivity contribution in [1.82, 2.24) is 4.90 Å². The molecular weight excluding hydrogens is 114 g/mol. The quantitative estimate of drug-likeness (QED) is 0.520. The molecule has 0 atom stereocenters. The zero-order valence-corrected chi connectivity index (χ0v) is 6.18. The summed E-state index contributed by atoms with van der Waals surface area (Å²) in [6.45, 7) is 8.22. The number of morpholine rings is 1. The Morgan fingerprint density at radius 3 is 2.11 bits per heavy atom. The van der Waals surface area contributed by atoms with Crippen LogP contribution in [0.5, 0.6) is 0 Å². The highest BCUT2D eigenvalue weighted by Crippen LogP contribution is 2.07. The van der Waals surface area contributed by atoms with Crippen molar-refractivity contribution in [2.24, 2.45) is 0 Å². The van der Waals surface area contributed by atoms with E-state index < -0.39 is 0 Å². The van der Waals surface area contributed by atoms with Crippen molar-refractivity contribution in [1.29, 1.82) is 0 Å². The second-order valence-corrected chi connectivity index (χ2v) is 2.55. The third-order valence-electron chi connectivity index (χ3n) is 1.64. The summed E-state index contributed by atoms with van der Waals surface area (Å²) in [5.41, 5.74) is 0. The van der Waals surface area contributed by atoms with Gasteiger partial charge in [0.05, 0.1) is 13.2 Å². The van der Waals surface area contributed by atoms with Gasteiger partial charge in [0.25, 0.3) is 0 Å². The van der Waals surface area contributed by atoms with Crippen LogP contribution in [0, 0.1) is 6.04 Å². The maximum Gasteiger partial charge on any atom is 0.0594 e. The van der Waals surface area contributed by atoms with Crippen LogP contribution in [-0.4, -0.2) is 31.2 Å². The predicted octanol–water partition coefficient (Wildman–Crippen LogP) is 0.890. The van der Waals surface area contributed by atoms with Crippen molar-refractivity contribution in [3.8, 4) is 0 Å². The molecule has 1 saturated heterocycles. The van der Waals surface area contributed by atoms with E-state index in [0.29, 0.717) is 0 Å². The lowest BCUT2D eigenvalue weighted by molar-refractivity contribution is 0.0428. The Balaban J connectivity index is 2.23. The molecule has 2 nitrogen and oxygen atoms in total. The number of hydrogen-bond donors (Lipinski definition) is 0. The third kappa shape index (κ3) is 1.95. The van der Waals surface area contributed by atoms with Crippen LogP contribution in [0.15, 0.2) is 0 Å². The van der Waals surface area contributed by atoms with Gasteiger partial charge in [0, 0.05) is 19.1 Å². The molecule has 53 valence electrons. The zero-order valence-electron chi connectivity index (χ0n) is 6.18. The van der Waals surface area contributed by atoms with E-state index in [1.54, 1.807) is 0 Å². The highest BCUT2D eigenvalue weighted by atomic mass is 16.5. The largest absolute Gasteiger partial charge is 0.379 e. The second-order valence-electron chi connectivity index (χ2n) is 2.55. The van der Waals surface area contributed by atoms with Gasteiger partial charge in [0.15, 0.2) is 0 Å². The Kier molecular flexibility index (Phi) is 2.49. The summed E-state index contributed by atoms with van der Waals surface area (Å²) in [5, 5.41) is 0. The summed E-state index contributed by atoms with van der Waals surface area (Å²) >= 11 is 0. The van der Waals surface area contributed by atoms with Gasteiger partial charge in [-0.25, -0.2) is 0 Å². The SMILES string of the molecule is C[C](C)N1CCOCC1. The molecule has 1 heterocycles. The minimum Gasteiger partial charge on any atom is -0.379 e. The fourth-order valence-corrected chi connectivity index (χ4v) is 1.01. The van der Waals surface area contributed by atoms with Crippen molar-refractivity contribution in [2.75, 3.05) is 26.3 Å². The molecule has 0 aromatic rings. The first kappa shape index (κ1) is 7.03. The number of nitrogens with zero attached hydrogens (tertiary/aromatic N) is 1. The van der Waals surface area contributed by atoms with Crippen LogP contribution >= 0.6 is 0 Å². The lowest BCUT2D eigenvalue weighted by atomic mass is 10.3. The van der Waals surface area contributed by atoms with Gasteiger partial charge in [-0.15, -0.1) is 0 Å². The van der Waals surface area contributed by atoms with Crippen LogP contribution in [0.3, 0.4) is 0 Å². The van der Waals surface area contributed by atoms with Gasteiger partial charge in [-0.05, 0) is 13.8 Å². The van der Waals surface area contributed by atoms with Crippen LogP contribution in [0.25, 0.3) is 0 Å². The van der Waals surface area contributed by atoms with Crippen LogP contribution < -0.4 is 0 Å². The molecule has 0 amide bonds. The Hall–Kier alpha value is -0.0800. The minimum absolute atomic E-state index is 0.894. The molecule has 0 unspecified atom stereocenters. The van der Waals surface area contributed by atoms with Crippen molar-refractivity contribution in [3.63, 3.8) is 0 Å². The van der Waals surface area contributed by atoms with Gasteiger partial charge in [-0.1, -0.05) is 0 Å². The molecular formula is C7H14NO. The fourth-order valence-electron chi connectivity index (χ4n) is 1.01. The molecule has 1 fully saturated rings. The average molecular weight is 128 g/mol. The first-order valence-corrected chi connectivity index (χ1v) is 3.43. The van der Waals surface area contributed by atoms with Gasteiger partial charge in [-0.2, -0.15) is 0 Å². The minimum atomic E-state index is 0.894. The van der Waals surface area contributed by atoms with Gasteiger partial charge in [-0.3, -0.25) is 4.90 Å². The van der Waals surface area contributed by atoms with E-state index >= 15 is 0 Å². The zero-order chi connectivity index (χ0) is 6.69. The molecule has 1 aliphatic rings. The van der Waals surface area contributed by atoms with Crippen LogP contribution in [0.2, 0.25) is 0 Å². The van der Waals surface area contributed by atoms with Crippen LogP contribution in [-0.2, 0) is 4.74 Å². The van der Waals surface area contributed by atoms with E-state index in [2.05, 4.69) is 18.7 Å². The topological polar surface area (TPSA) is 12.5 Å². The normalized spacial score (nSPS) is 23.0. The summed E-state index contributed by atoms with van der Waals surface area (Å²) in [5.74, 6) is 0. The molecule has 1 aliphatic heterocycles. The molecule has 1 rings (SSSR count). The van der Waals surface area contributed by atoms with Crippen molar-refractivity contribution >= 4 is 0 Å². The summed E-state index contributed by atoms with van der Waals surface area (Å²) < 4.78 is 5.19. The van der Waals surface area contributed by atoms with Crippen LogP contribution in [0.1, 0.15) is 13.8 Å². The molecule has 0 N–H and O–H groups in total. The fraction of sp³-hybridized carbons (Fsp3) is 0.857. The Morgan fingerprint density at radius 1 is 1.22 bits per heavy atom. The summed E-state index contributed by atoms with van der Waals surface area (Å²) in [6, 6.07) is 1.40. The average Bonchev–Trinajstić information content (AvgIpc) is 1.90. The Bertz CT molecular complexity index is 77.0. The van der Waals surface area contributed by atoms with E-state index in [0.717, 1.165) is 26.3 Å². The standard InChI is InChI=1S/C7H14NO/c1-7(2)8-3-5-9-6-4-8/h3-6H2,1-2H3. The molecule has 1 radical (unpaired) electrons. The molecule has 2 heteroatoms. The molecule has 0 saturated carbocycles. The van der Waals surface area contributed by atoms with E-state index in [-0.39, 0.29) is 0 Å². The van der Waals surface area contributed by atoms with Crippen LogP contribution in [0.4, 0.5) is 0 Å². The van der Waals surface area contributed by atoms with Crippen molar-refractivity contribution < 1.29 is 4.74 Å². The first-order valence-electron chi connectivity index (χ1n) is 3.43. The van der Waals surface area contributed by atoms with E-state index in [1.807, 2.05) is 0 Å². The highest BCUT2D eigenvalue weighted by molar-refractivity contribution is 4.79. The van der Waals surface area contributed by atoms with Crippen molar-refractivity contribution in [2.45, 2.75) is 13.8 Å². The summed E-state index contributed by atoms with van der Waals surface area (Å²) in [6.07, 6.45) is 0. The molecule has 0 aromatic carbocycles. The molecule has 0 aliphatic carbocycles. The maximum absolute atomic E-state index is 5.19. The Morgan fingerprint density at radius 2 is 1.78 bits per heavy atom. The molecule has 0 spiro atoms. The number of hydrogen-bond acceptors (Lipinski definition) is 2. The predicted molar refractivity (Wildman–Crippen MR) is 37.0 cm³/mol. The van der Waals surface area contributed by atoms with E-state index in [9.17, 15) is 0 Å².